The van der Waals surface area contributed by atoms with Crippen molar-refractivity contribution in [2.45, 2.75) is 29.6 Å². The van der Waals surface area contributed by atoms with E-state index < -0.39 is 26.0 Å². The molecular weight excluding hydrogens is 550 g/mol. The Balaban J connectivity index is 1.53. The van der Waals surface area contributed by atoms with Crippen LogP contribution in [0.15, 0.2) is 76.5 Å². The van der Waals surface area contributed by atoms with Gasteiger partial charge in [-0.1, -0.05) is 30.7 Å². The Morgan fingerprint density at radius 3 is 2.21 bits per heavy atom. The minimum Gasteiger partial charge on any atom is -0.496 e. The predicted octanol–water partition coefficient (Wildman–Crippen LogP) is 4.82. The van der Waals surface area contributed by atoms with Crippen LogP contribution in [0.25, 0.3) is 0 Å². The first-order valence-electron chi connectivity index (χ1n) is 11.9. The van der Waals surface area contributed by atoms with Crippen LogP contribution in [0.3, 0.4) is 0 Å². The number of halogens is 1. The normalized spacial score (nSPS) is 15.1. The number of carbonyl (C=O) groups excluding carboxylic acids is 1. The van der Waals surface area contributed by atoms with Crippen LogP contribution in [0.4, 0.5) is 11.4 Å². The maximum absolute atomic E-state index is 13.2. The third kappa shape index (κ3) is 6.12. The standard InChI is InChI=1S/C26H28ClN3O6S2/c1-18-13-15-30(16-14-18)38(34,35)21-11-12-25(36-2)22(17-21)26(31)28-19-7-9-20(10-8-19)37(32,33)29-24-6-4-3-5-23(24)27/h3-12,17-18,29H,13-16H2,1-2H3,(H,28,31). The van der Waals surface area contributed by atoms with Gasteiger partial charge in [0.25, 0.3) is 15.9 Å². The molecule has 0 aliphatic carbocycles. The highest BCUT2D eigenvalue weighted by Crippen LogP contribution is 2.29. The zero-order valence-electron chi connectivity index (χ0n) is 20.8. The second-order valence-electron chi connectivity index (χ2n) is 9.01. The van der Waals surface area contributed by atoms with E-state index in [1.165, 1.54) is 53.9 Å². The number of hydrogen-bond acceptors (Lipinski definition) is 6. The van der Waals surface area contributed by atoms with Crippen LogP contribution in [-0.2, 0) is 20.0 Å². The van der Waals surface area contributed by atoms with Gasteiger partial charge in [-0.25, -0.2) is 16.8 Å². The highest BCUT2D eigenvalue weighted by Gasteiger charge is 2.29. The van der Waals surface area contributed by atoms with Crippen molar-refractivity contribution in [2.24, 2.45) is 5.92 Å². The number of para-hydroxylation sites is 1. The quantitative estimate of drug-likeness (QED) is 0.396. The summed E-state index contributed by atoms with van der Waals surface area (Å²) in [4.78, 5) is 13.1. The molecule has 0 atom stereocenters. The fourth-order valence-corrected chi connectivity index (χ4v) is 6.88. The number of amides is 1. The summed E-state index contributed by atoms with van der Waals surface area (Å²) in [5, 5.41) is 2.93. The van der Waals surface area contributed by atoms with Gasteiger partial charge in [-0.3, -0.25) is 9.52 Å². The van der Waals surface area contributed by atoms with E-state index in [0.717, 1.165) is 12.8 Å². The summed E-state index contributed by atoms with van der Waals surface area (Å²) in [5.74, 6) is 0.0692. The van der Waals surface area contributed by atoms with Crippen LogP contribution in [0, 0.1) is 5.92 Å². The molecule has 0 radical (unpaired) electrons. The topological polar surface area (TPSA) is 122 Å². The number of carbonyl (C=O) groups is 1. The lowest BCUT2D eigenvalue weighted by atomic mass is 10.0. The minimum absolute atomic E-state index is 0.00471. The molecule has 0 saturated carbocycles. The smallest absolute Gasteiger partial charge is 0.261 e. The van der Waals surface area contributed by atoms with Gasteiger partial charge in [0, 0.05) is 18.8 Å². The number of ether oxygens (including phenoxy) is 1. The van der Waals surface area contributed by atoms with E-state index >= 15 is 0 Å². The van der Waals surface area contributed by atoms with Crippen LogP contribution in [-0.4, -0.2) is 47.2 Å². The van der Waals surface area contributed by atoms with Crippen molar-refractivity contribution in [1.29, 1.82) is 0 Å². The number of hydrogen-bond donors (Lipinski definition) is 2. The fraction of sp³-hybridized carbons (Fsp3) is 0.269. The molecule has 4 rings (SSSR count). The van der Waals surface area contributed by atoms with Crippen molar-refractivity contribution >= 4 is 48.9 Å². The van der Waals surface area contributed by atoms with E-state index in [1.54, 1.807) is 24.3 Å². The molecule has 3 aromatic rings. The molecule has 0 bridgehead atoms. The molecule has 3 aromatic carbocycles. The molecule has 1 aliphatic heterocycles. The molecule has 9 nitrogen and oxygen atoms in total. The third-order valence-electron chi connectivity index (χ3n) is 6.34. The van der Waals surface area contributed by atoms with Crippen LogP contribution in [0.5, 0.6) is 5.75 Å². The Bertz CT molecular complexity index is 1540. The van der Waals surface area contributed by atoms with E-state index in [9.17, 15) is 21.6 Å². The van der Waals surface area contributed by atoms with Gasteiger partial charge < -0.3 is 10.1 Å². The molecule has 1 heterocycles. The molecule has 0 aromatic heterocycles. The summed E-state index contributed by atoms with van der Waals surface area (Å²) in [7, 11) is -6.31. The van der Waals surface area contributed by atoms with Crippen molar-refractivity contribution in [2.75, 3.05) is 30.2 Å². The first-order chi connectivity index (χ1) is 18.0. The Hall–Kier alpha value is -3.12. The summed E-state index contributed by atoms with van der Waals surface area (Å²) in [6.07, 6.45) is 1.56. The van der Waals surface area contributed by atoms with Gasteiger partial charge in [0.15, 0.2) is 0 Å². The molecule has 1 saturated heterocycles. The van der Waals surface area contributed by atoms with E-state index in [-0.39, 0.29) is 31.8 Å². The van der Waals surface area contributed by atoms with Gasteiger partial charge in [0.1, 0.15) is 5.75 Å². The van der Waals surface area contributed by atoms with Crippen molar-refractivity contribution in [3.05, 3.63) is 77.3 Å². The third-order valence-corrected chi connectivity index (χ3v) is 9.94. The molecule has 1 amide bonds. The number of anilines is 2. The molecule has 12 heteroatoms. The summed E-state index contributed by atoms with van der Waals surface area (Å²) < 4.78 is 61.0. The highest BCUT2D eigenvalue weighted by molar-refractivity contribution is 7.92. The second kappa shape index (κ2) is 11.3. The lowest BCUT2D eigenvalue weighted by Crippen LogP contribution is -2.37. The Morgan fingerprint density at radius 2 is 1.58 bits per heavy atom. The van der Waals surface area contributed by atoms with Crippen molar-refractivity contribution in [3.63, 3.8) is 0 Å². The van der Waals surface area contributed by atoms with Crippen molar-refractivity contribution in [1.82, 2.24) is 4.31 Å². The fourth-order valence-electron chi connectivity index (χ4n) is 4.06. The van der Waals surface area contributed by atoms with Crippen LogP contribution < -0.4 is 14.8 Å². The number of piperidine rings is 1. The summed E-state index contributed by atoms with van der Waals surface area (Å²) in [6, 6.07) is 16.2. The van der Waals surface area contributed by atoms with Crippen LogP contribution in [0.1, 0.15) is 30.1 Å². The maximum Gasteiger partial charge on any atom is 0.261 e. The van der Waals surface area contributed by atoms with Gasteiger partial charge in [0.05, 0.1) is 33.2 Å². The lowest BCUT2D eigenvalue weighted by Gasteiger charge is -2.29. The Kier molecular flexibility index (Phi) is 8.31. The lowest BCUT2D eigenvalue weighted by molar-refractivity contribution is 0.102. The van der Waals surface area contributed by atoms with Crippen LogP contribution >= 0.6 is 11.6 Å². The number of nitrogens with one attached hydrogen (secondary N) is 2. The van der Waals surface area contributed by atoms with E-state index in [1.807, 2.05) is 0 Å². The molecule has 202 valence electrons. The van der Waals surface area contributed by atoms with E-state index in [4.69, 9.17) is 16.3 Å². The zero-order valence-corrected chi connectivity index (χ0v) is 23.2. The minimum atomic E-state index is -3.92. The molecular formula is C26H28ClN3O6S2. The van der Waals surface area contributed by atoms with Crippen molar-refractivity contribution < 1.29 is 26.4 Å². The number of nitrogens with zero attached hydrogens (tertiary/aromatic N) is 1. The molecule has 1 aliphatic rings. The van der Waals surface area contributed by atoms with Gasteiger partial charge in [-0.05, 0) is 73.4 Å². The number of rotatable bonds is 8. The molecule has 0 spiro atoms. The zero-order chi connectivity index (χ0) is 27.5. The van der Waals surface area contributed by atoms with E-state index in [0.29, 0.717) is 24.7 Å². The molecule has 38 heavy (non-hydrogen) atoms. The van der Waals surface area contributed by atoms with Gasteiger partial charge >= 0.3 is 0 Å². The Morgan fingerprint density at radius 1 is 0.947 bits per heavy atom. The number of methoxy groups -OCH3 is 1. The Labute approximate surface area is 227 Å². The SMILES string of the molecule is COc1ccc(S(=O)(=O)N2CCC(C)CC2)cc1C(=O)Nc1ccc(S(=O)(=O)Nc2ccccc2Cl)cc1. The molecule has 0 unspecified atom stereocenters. The monoisotopic (exact) mass is 577 g/mol. The summed E-state index contributed by atoms with van der Waals surface area (Å²) >= 11 is 6.05. The number of benzene rings is 3. The number of sulfonamides is 2. The first kappa shape index (κ1) is 27.9. The summed E-state index contributed by atoms with van der Waals surface area (Å²) in [5.41, 5.74) is 0.593. The van der Waals surface area contributed by atoms with Gasteiger partial charge in [-0.15, -0.1) is 0 Å². The van der Waals surface area contributed by atoms with Crippen molar-refractivity contribution in [3.8, 4) is 5.75 Å². The maximum atomic E-state index is 13.2. The molecule has 1 fully saturated rings. The average Bonchev–Trinajstić information content (AvgIpc) is 2.90. The largest absolute Gasteiger partial charge is 0.496 e. The van der Waals surface area contributed by atoms with Gasteiger partial charge in [0.2, 0.25) is 10.0 Å². The first-order valence-corrected chi connectivity index (χ1v) is 15.2. The predicted molar refractivity (Wildman–Crippen MR) is 147 cm³/mol. The molecule has 2 N–H and O–H groups in total. The summed E-state index contributed by atoms with van der Waals surface area (Å²) in [6.45, 7) is 2.95. The second-order valence-corrected chi connectivity index (χ2v) is 13.0. The average molecular weight is 578 g/mol. The highest BCUT2D eigenvalue weighted by atomic mass is 35.5. The van der Waals surface area contributed by atoms with Gasteiger partial charge in [-0.2, -0.15) is 4.31 Å². The van der Waals surface area contributed by atoms with E-state index in [2.05, 4.69) is 17.0 Å². The van der Waals surface area contributed by atoms with Crippen LogP contribution in [0.2, 0.25) is 5.02 Å².